The van der Waals surface area contributed by atoms with Crippen molar-refractivity contribution in [2.45, 2.75) is 41.0 Å². The molecule has 0 spiro atoms. The summed E-state index contributed by atoms with van der Waals surface area (Å²) >= 11 is 0. The van der Waals surface area contributed by atoms with Gasteiger partial charge in [-0.05, 0) is 25.7 Å². The Morgan fingerprint density at radius 2 is 1.47 bits per heavy atom. The lowest BCUT2D eigenvalue weighted by molar-refractivity contribution is 0.382. The standard InChI is InChI=1S/C8H16.C3H7O3P/c1-7(2)6-8(3,4)5;1-3(2)7(4,5)6/h1,6H2,2-5H3;1H2,2H3,(H2,4,5,6). The summed E-state index contributed by atoms with van der Waals surface area (Å²) in [4.78, 5) is 16.2. The highest BCUT2D eigenvalue weighted by atomic mass is 31.2. The van der Waals surface area contributed by atoms with E-state index in [1.54, 1.807) is 0 Å². The van der Waals surface area contributed by atoms with Gasteiger partial charge in [0.25, 0.3) is 0 Å². The molecule has 0 unspecified atom stereocenters. The van der Waals surface area contributed by atoms with E-state index in [1.165, 1.54) is 12.5 Å². The summed E-state index contributed by atoms with van der Waals surface area (Å²) in [6.45, 7) is 16.9. The number of allylic oxidation sites excluding steroid dienone is 2. The molecule has 0 amide bonds. The molecule has 2 N–H and O–H groups in total. The Morgan fingerprint density at radius 1 is 1.20 bits per heavy atom. The molecule has 0 bridgehead atoms. The molecule has 0 radical (unpaired) electrons. The van der Waals surface area contributed by atoms with E-state index in [9.17, 15) is 4.57 Å². The summed E-state index contributed by atoms with van der Waals surface area (Å²) in [5.41, 5.74) is 1.70. The highest BCUT2D eigenvalue weighted by Crippen LogP contribution is 2.42. The van der Waals surface area contributed by atoms with Crippen molar-refractivity contribution < 1.29 is 14.4 Å². The molecule has 0 heterocycles. The van der Waals surface area contributed by atoms with Crippen molar-refractivity contribution in [1.29, 1.82) is 0 Å². The van der Waals surface area contributed by atoms with Gasteiger partial charge in [0.1, 0.15) is 0 Å². The molecule has 0 aliphatic carbocycles. The van der Waals surface area contributed by atoms with Gasteiger partial charge in [-0.15, -0.1) is 6.58 Å². The predicted molar refractivity (Wildman–Crippen MR) is 65.7 cm³/mol. The Hall–Kier alpha value is -0.370. The Kier molecular flexibility index (Phi) is 7.12. The van der Waals surface area contributed by atoms with Crippen molar-refractivity contribution in [1.82, 2.24) is 0 Å². The topological polar surface area (TPSA) is 57.5 Å². The Labute approximate surface area is 93.1 Å². The van der Waals surface area contributed by atoms with Gasteiger partial charge in [0.2, 0.25) is 0 Å². The second kappa shape index (κ2) is 6.26. The van der Waals surface area contributed by atoms with E-state index in [0.717, 1.165) is 6.42 Å². The van der Waals surface area contributed by atoms with E-state index in [2.05, 4.69) is 40.9 Å². The van der Waals surface area contributed by atoms with Gasteiger partial charge in [0, 0.05) is 5.31 Å². The molecule has 0 saturated heterocycles. The molecule has 0 aromatic carbocycles. The molecular formula is C11H23O3P. The van der Waals surface area contributed by atoms with Crippen LogP contribution in [0.15, 0.2) is 24.0 Å². The number of hydrogen-bond donors (Lipinski definition) is 2. The molecule has 0 aliphatic rings. The summed E-state index contributed by atoms with van der Waals surface area (Å²) in [7, 11) is -3.93. The Morgan fingerprint density at radius 3 is 1.47 bits per heavy atom. The predicted octanol–water partition coefficient (Wildman–Crippen LogP) is 3.70. The molecule has 0 fully saturated rings. The van der Waals surface area contributed by atoms with Crippen LogP contribution in [0.25, 0.3) is 0 Å². The quantitative estimate of drug-likeness (QED) is 0.565. The Bertz CT molecular complexity index is 268. The van der Waals surface area contributed by atoms with Crippen LogP contribution in [0, 0.1) is 5.41 Å². The van der Waals surface area contributed by atoms with E-state index >= 15 is 0 Å². The van der Waals surface area contributed by atoms with E-state index in [4.69, 9.17) is 9.79 Å². The monoisotopic (exact) mass is 234 g/mol. The van der Waals surface area contributed by atoms with Crippen LogP contribution in [0.2, 0.25) is 0 Å². The van der Waals surface area contributed by atoms with Crippen molar-refractivity contribution >= 4 is 7.60 Å². The van der Waals surface area contributed by atoms with Crippen LogP contribution in [-0.4, -0.2) is 9.79 Å². The maximum absolute atomic E-state index is 9.93. The first-order chi connectivity index (χ1) is 6.36. The highest BCUT2D eigenvalue weighted by molar-refractivity contribution is 7.56. The summed E-state index contributed by atoms with van der Waals surface area (Å²) in [6, 6.07) is 0. The average Bonchev–Trinajstić information content (AvgIpc) is 1.78. The summed E-state index contributed by atoms with van der Waals surface area (Å²) in [5.74, 6) is 0. The normalized spacial score (nSPS) is 11.4. The molecule has 3 nitrogen and oxygen atoms in total. The van der Waals surface area contributed by atoms with Crippen molar-refractivity contribution in [2.24, 2.45) is 5.41 Å². The van der Waals surface area contributed by atoms with Gasteiger partial charge >= 0.3 is 7.60 Å². The average molecular weight is 234 g/mol. The van der Waals surface area contributed by atoms with Gasteiger partial charge in [-0.25, -0.2) is 0 Å². The third-order valence-corrected chi connectivity index (χ3v) is 2.32. The summed E-state index contributed by atoms with van der Waals surface area (Å²) in [5, 5.41) is -0.0903. The van der Waals surface area contributed by atoms with Crippen LogP contribution >= 0.6 is 7.60 Å². The minimum atomic E-state index is -3.93. The summed E-state index contributed by atoms with van der Waals surface area (Å²) in [6.07, 6.45) is 1.13. The second-order valence-corrected chi connectivity index (χ2v) is 6.83. The number of rotatable bonds is 2. The van der Waals surface area contributed by atoms with Gasteiger partial charge in [-0.3, -0.25) is 4.57 Å². The zero-order chi connectivity index (χ0) is 12.9. The largest absolute Gasteiger partial charge is 0.351 e. The third-order valence-electron chi connectivity index (χ3n) is 1.33. The smallest absolute Gasteiger partial charge is 0.321 e. The maximum Gasteiger partial charge on any atom is 0.351 e. The maximum atomic E-state index is 9.93. The summed E-state index contributed by atoms with van der Waals surface area (Å²) < 4.78 is 9.93. The van der Waals surface area contributed by atoms with Crippen LogP contribution in [0.5, 0.6) is 0 Å². The van der Waals surface area contributed by atoms with Gasteiger partial charge in [-0.2, -0.15) is 0 Å². The number of hydrogen-bond acceptors (Lipinski definition) is 1. The van der Waals surface area contributed by atoms with Crippen LogP contribution in [0.1, 0.15) is 41.0 Å². The molecule has 0 rings (SSSR count). The van der Waals surface area contributed by atoms with E-state index in [1.807, 2.05) is 0 Å². The fourth-order valence-electron chi connectivity index (χ4n) is 0.905. The van der Waals surface area contributed by atoms with Gasteiger partial charge < -0.3 is 9.79 Å². The van der Waals surface area contributed by atoms with E-state index in [-0.39, 0.29) is 5.31 Å². The van der Waals surface area contributed by atoms with Crippen LogP contribution in [-0.2, 0) is 4.57 Å². The van der Waals surface area contributed by atoms with Crippen molar-refractivity contribution in [2.75, 3.05) is 0 Å². The lowest BCUT2D eigenvalue weighted by Crippen LogP contribution is -2.03. The molecule has 0 aromatic heterocycles. The first kappa shape index (κ1) is 17.0. The van der Waals surface area contributed by atoms with Crippen LogP contribution in [0.4, 0.5) is 0 Å². The van der Waals surface area contributed by atoms with Crippen LogP contribution in [0.3, 0.4) is 0 Å². The van der Waals surface area contributed by atoms with Gasteiger partial charge in [0.15, 0.2) is 0 Å². The third kappa shape index (κ3) is 16.3. The SMILES string of the molecule is C=C(C)CC(C)(C)C.C=C(C)P(=O)(O)O. The van der Waals surface area contributed by atoms with Crippen LogP contribution < -0.4 is 0 Å². The van der Waals surface area contributed by atoms with Crippen molar-refractivity contribution in [3.8, 4) is 0 Å². The minimum Gasteiger partial charge on any atom is -0.321 e. The zero-order valence-corrected chi connectivity index (χ0v) is 11.3. The fourth-order valence-corrected chi connectivity index (χ4v) is 0.905. The van der Waals surface area contributed by atoms with Crippen molar-refractivity contribution in [3.63, 3.8) is 0 Å². The minimum absolute atomic E-state index is 0.0903. The molecule has 0 saturated carbocycles. The Balaban J connectivity index is 0. The molecule has 0 atom stereocenters. The molecular weight excluding hydrogens is 211 g/mol. The van der Waals surface area contributed by atoms with Crippen molar-refractivity contribution in [3.05, 3.63) is 24.0 Å². The lowest BCUT2D eigenvalue weighted by atomic mass is 9.89. The fraction of sp³-hybridized carbons (Fsp3) is 0.636. The van der Waals surface area contributed by atoms with Gasteiger partial charge in [0.05, 0.1) is 0 Å². The van der Waals surface area contributed by atoms with E-state index < -0.39 is 7.60 Å². The highest BCUT2D eigenvalue weighted by Gasteiger charge is 2.11. The first-order valence-electron chi connectivity index (χ1n) is 4.72. The second-order valence-electron chi connectivity index (χ2n) is 4.97. The molecule has 90 valence electrons. The molecule has 0 aromatic rings. The molecule has 15 heavy (non-hydrogen) atoms. The van der Waals surface area contributed by atoms with Gasteiger partial charge in [-0.1, -0.05) is 32.9 Å². The molecule has 4 heteroatoms. The van der Waals surface area contributed by atoms with E-state index in [0.29, 0.717) is 5.41 Å². The zero-order valence-electron chi connectivity index (χ0n) is 10.4. The first-order valence-corrected chi connectivity index (χ1v) is 6.33. The lowest BCUT2D eigenvalue weighted by Gasteiger charge is -2.17. The molecule has 0 aliphatic heterocycles.